The van der Waals surface area contributed by atoms with Crippen LogP contribution in [0.15, 0.2) is 30.5 Å². The van der Waals surface area contributed by atoms with Gasteiger partial charge in [-0.2, -0.15) is 5.10 Å². The average Bonchev–Trinajstić information content (AvgIpc) is 3.22. The summed E-state index contributed by atoms with van der Waals surface area (Å²) >= 11 is 0. The molecule has 32 heavy (non-hydrogen) atoms. The SMILES string of the molecule is COCc1c(C(=O)N(C)CCc2ccc(OC)c(OC)c2)cnc2cc(C(C)(C)C)nn12. The smallest absolute Gasteiger partial charge is 0.257 e. The van der Waals surface area contributed by atoms with Crippen LogP contribution in [0.4, 0.5) is 0 Å². The monoisotopic (exact) mass is 440 g/mol. The Bertz CT molecular complexity index is 1100. The van der Waals surface area contributed by atoms with Gasteiger partial charge in [-0.1, -0.05) is 26.8 Å². The van der Waals surface area contributed by atoms with E-state index in [2.05, 4.69) is 25.8 Å². The van der Waals surface area contributed by atoms with Gasteiger partial charge in [-0.05, 0) is 24.1 Å². The van der Waals surface area contributed by atoms with Gasteiger partial charge in [0.15, 0.2) is 17.1 Å². The molecule has 0 saturated carbocycles. The van der Waals surface area contributed by atoms with Crippen LogP contribution in [0.2, 0.25) is 0 Å². The van der Waals surface area contributed by atoms with Crippen molar-refractivity contribution in [3.63, 3.8) is 0 Å². The zero-order valence-corrected chi connectivity index (χ0v) is 19.9. The fourth-order valence-corrected chi connectivity index (χ4v) is 3.44. The molecule has 0 N–H and O–H groups in total. The van der Waals surface area contributed by atoms with Gasteiger partial charge in [0.25, 0.3) is 5.91 Å². The topological polar surface area (TPSA) is 78.2 Å². The largest absolute Gasteiger partial charge is 0.493 e. The lowest BCUT2D eigenvalue weighted by atomic mass is 9.93. The first-order valence-electron chi connectivity index (χ1n) is 10.5. The molecule has 1 amide bonds. The van der Waals surface area contributed by atoms with Crippen LogP contribution in [0, 0.1) is 0 Å². The maximum Gasteiger partial charge on any atom is 0.257 e. The number of benzene rings is 1. The highest BCUT2D eigenvalue weighted by Crippen LogP contribution is 2.28. The first-order valence-corrected chi connectivity index (χ1v) is 10.5. The first kappa shape index (κ1) is 23.5. The summed E-state index contributed by atoms with van der Waals surface area (Å²) in [5.74, 6) is 1.22. The number of likely N-dealkylation sites (N-methyl/N-ethyl adjacent to an activating group) is 1. The van der Waals surface area contributed by atoms with E-state index in [0.717, 1.165) is 11.3 Å². The molecule has 0 spiro atoms. The zero-order valence-electron chi connectivity index (χ0n) is 19.9. The molecule has 0 radical (unpaired) electrons. The van der Waals surface area contributed by atoms with Crippen LogP contribution in [-0.2, 0) is 23.2 Å². The second kappa shape index (κ2) is 9.56. The zero-order chi connectivity index (χ0) is 23.5. The number of carbonyl (C=O) groups excluding carboxylic acids is 1. The van der Waals surface area contributed by atoms with Gasteiger partial charge in [-0.25, -0.2) is 9.50 Å². The van der Waals surface area contributed by atoms with Gasteiger partial charge in [-0.3, -0.25) is 4.79 Å². The molecule has 2 aromatic heterocycles. The third-order valence-corrected chi connectivity index (χ3v) is 5.39. The molecular weight excluding hydrogens is 408 g/mol. The van der Waals surface area contributed by atoms with Gasteiger partial charge in [-0.15, -0.1) is 0 Å². The van der Waals surface area contributed by atoms with Gasteiger partial charge >= 0.3 is 0 Å². The van der Waals surface area contributed by atoms with Crippen LogP contribution in [0.5, 0.6) is 11.5 Å². The van der Waals surface area contributed by atoms with E-state index in [4.69, 9.17) is 19.3 Å². The van der Waals surface area contributed by atoms with E-state index in [9.17, 15) is 4.79 Å². The summed E-state index contributed by atoms with van der Waals surface area (Å²) in [5, 5.41) is 4.71. The lowest BCUT2D eigenvalue weighted by Gasteiger charge is -2.19. The molecule has 8 nitrogen and oxygen atoms in total. The summed E-state index contributed by atoms with van der Waals surface area (Å²) in [6, 6.07) is 7.73. The molecule has 1 aromatic carbocycles. The van der Waals surface area contributed by atoms with Crippen LogP contribution < -0.4 is 9.47 Å². The highest BCUT2D eigenvalue weighted by atomic mass is 16.5. The fraction of sp³-hybridized carbons (Fsp3) is 0.458. The Morgan fingerprint density at radius 3 is 2.44 bits per heavy atom. The van der Waals surface area contributed by atoms with Crippen molar-refractivity contribution in [2.24, 2.45) is 0 Å². The first-order chi connectivity index (χ1) is 15.2. The number of nitrogens with zero attached hydrogens (tertiary/aromatic N) is 4. The summed E-state index contributed by atoms with van der Waals surface area (Å²) in [6.07, 6.45) is 2.29. The van der Waals surface area contributed by atoms with Crippen molar-refractivity contribution in [3.05, 3.63) is 53.0 Å². The van der Waals surface area contributed by atoms with Crippen molar-refractivity contribution < 1.29 is 19.0 Å². The van der Waals surface area contributed by atoms with Crippen LogP contribution in [0.3, 0.4) is 0 Å². The number of carbonyl (C=O) groups is 1. The normalized spacial score (nSPS) is 11.6. The Morgan fingerprint density at radius 1 is 1.09 bits per heavy atom. The predicted octanol–water partition coefficient (Wildman–Crippen LogP) is 3.51. The van der Waals surface area contributed by atoms with E-state index in [0.29, 0.717) is 41.4 Å². The van der Waals surface area contributed by atoms with Crippen molar-refractivity contribution in [1.29, 1.82) is 0 Å². The van der Waals surface area contributed by atoms with Crippen LogP contribution in [0.25, 0.3) is 5.65 Å². The van der Waals surface area contributed by atoms with Crippen molar-refractivity contribution in [1.82, 2.24) is 19.5 Å². The number of rotatable bonds is 8. The fourth-order valence-electron chi connectivity index (χ4n) is 3.44. The van der Waals surface area contributed by atoms with E-state index >= 15 is 0 Å². The molecule has 0 saturated heterocycles. The van der Waals surface area contributed by atoms with Crippen molar-refractivity contribution in [2.45, 2.75) is 39.2 Å². The number of hydrogen-bond acceptors (Lipinski definition) is 6. The third-order valence-electron chi connectivity index (χ3n) is 5.39. The molecule has 0 aliphatic rings. The van der Waals surface area contributed by atoms with E-state index in [1.165, 1.54) is 0 Å². The molecule has 3 rings (SSSR count). The van der Waals surface area contributed by atoms with Crippen LogP contribution >= 0.6 is 0 Å². The van der Waals surface area contributed by atoms with Gasteiger partial charge in [0.2, 0.25) is 0 Å². The molecule has 0 unspecified atom stereocenters. The molecule has 3 aromatic rings. The van der Waals surface area contributed by atoms with E-state index in [1.807, 2.05) is 24.3 Å². The maximum atomic E-state index is 13.3. The Labute approximate surface area is 189 Å². The van der Waals surface area contributed by atoms with E-state index in [1.54, 1.807) is 44.0 Å². The summed E-state index contributed by atoms with van der Waals surface area (Å²) in [7, 11) is 6.61. The maximum absolute atomic E-state index is 13.3. The number of methoxy groups -OCH3 is 3. The number of amides is 1. The lowest BCUT2D eigenvalue weighted by Crippen LogP contribution is -2.30. The van der Waals surface area contributed by atoms with Crippen LogP contribution in [0.1, 0.15) is 48.1 Å². The molecule has 172 valence electrons. The minimum Gasteiger partial charge on any atom is -0.493 e. The quantitative estimate of drug-likeness (QED) is 0.533. The number of fused-ring (bicyclic) bond motifs is 1. The standard InChI is InChI=1S/C24H32N4O4/c1-24(2,3)21-13-22-25-14-17(18(15-30-5)28(22)26-21)23(29)27(4)11-10-16-8-9-19(31-6)20(12-16)32-7/h8-9,12-14H,10-11,15H2,1-7H3. The molecule has 0 aliphatic heterocycles. The second-order valence-electron chi connectivity index (χ2n) is 8.77. The molecule has 0 aliphatic carbocycles. The minimum absolute atomic E-state index is 0.125. The highest BCUT2D eigenvalue weighted by Gasteiger charge is 2.23. The summed E-state index contributed by atoms with van der Waals surface area (Å²) in [6.45, 7) is 7.08. The van der Waals surface area contributed by atoms with E-state index in [-0.39, 0.29) is 17.9 Å². The minimum atomic E-state index is -0.127. The van der Waals surface area contributed by atoms with Gasteiger partial charge < -0.3 is 19.1 Å². The van der Waals surface area contributed by atoms with Crippen molar-refractivity contribution in [3.8, 4) is 11.5 Å². The van der Waals surface area contributed by atoms with Gasteiger partial charge in [0.1, 0.15) is 0 Å². The predicted molar refractivity (Wildman–Crippen MR) is 123 cm³/mol. The Hall–Kier alpha value is -3.13. The number of hydrogen-bond donors (Lipinski definition) is 0. The van der Waals surface area contributed by atoms with Gasteiger partial charge in [0, 0.05) is 38.4 Å². The Balaban J connectivity index is 1.84. The molecule has 8 heteroatoms. The number of ether oxygens (including phenoxy) is 3. The molecule has 0 atom stereocenters. The molecule has 0 fully saturated rings. The summed E-state index contributed by atoms with van der Waals surface area (Å²) in [4.78, 5) is 19.5. The average molecular weight is 441 g/mol. The Kier molecular flexibility index (Phi) is 7.03. The van der Waals surface area contributed by atoms with Gasteiger partial charge in [0.05, 0.1) is 37.8 Å². The van der Waals surface area contributed by atoms with Crippen molar-refractivity contribution >= 4 is 11.6 Å². The summed E-state index contributed by atoms with van der Waals surface area (Å²) < 4.78 is 17.8. The Morgan fingerprint density at radius 2 is 1.81 bits per heavy atom. The lowest BCUT2D eigenvalue weighted by molar-refractivity contribution is 0.0789. The highest BCUT2D eigenvalue weighted by molar-refractivity contribution is 5.95. The van der Waals surface area contributed by atoms with Crippen LogP contribution in [-0.4, -0.2) is 60.3 Å². The van der Waals surface area contributed by atoms with E-state index < -0.39 is 0 Å². The second-order valence-corrected chi connectivity index (χ2v) is 8.77. The molecular formula is C24H32N4O4. The number of aromatic nitrogens is 3. The molecule has 2 heterocycles. The summed E-state index contributed by atoms with van der Waals surface area (Å²) in [5.41, 5.74) is 3.71. The molecule has 0 bridgehead atoms. The van der Waals surface area contributed by atoms with Crippen molar-refractivity contribution in [2.75, 3.05) is 34.9 Å². The third kappa shape index (κ3) is 4.85.